The number of fused-ring (bicyclic) bond motifs is 1. The van der Waals surface area contributed by atoms with E-state index < -0.39 is 39.1 Å². The summed E-state index contributed by atoms with van der Waals surface area (Å²) >= 11 is 6.26. The van der Waals surface area contributed by atoms with Gasteiger partial charge in [0, 0.05) is 62.0 Å². The van der Waals surface area contributed by atoms with Crippen LogP contribution in [0.25, 0.3) is 22.2 Å². The lowest BCUT2D eigenvalue weighted by atomic mass is 9.95. The topological polar surface area (TPSA) is 145 Å². The zero-order valence-electron chi connectivity index (χ0n) is 36.0. The van der Waals surface area contributed by atoms with Gasteiger partial charge in [0.1, 0.15) is 24.1 Å². The number of carbonyl (C=O) groups excluding carboxylic acids is 1. The molecule has 0 radical (unpaired) electrons. The summed E-state index contributed by atoms with van der Waals surface area (Å²) in [6.45, 7) is 7.46. The molecule has 0 spiro atoms. The van der Waals surface area contributed by atoms with E-state index in [1.165, 1.54) is 18.2 Å². The second kappa shape index (κ2) is 22.7. The fourth-order valence-electron chi connectivity index (χ4n) is 7.14. The van der Waals surface area contributed by atoms with Crippen LogP contribution in [0.5, 0.6) is 0 Å². The smallest absolute Gasteiger partial charge is 0.261 e. The molecule has 1 N–H and O–H groups in total. The standard InChI is InChI=1S/C47H47ClF4N6O7S/c1-31-2-3-33(40(51)24-31)25-38-37(9-10-39(50)46(38)52)44(59)30-65-23-22-64-21-20-63-19-18-62-17-16-57-12-14-58(15-13-57)45-29-53-41-11-4-32(26-42(41)55-45)34-27-43(47(48)54-28-34)56-66(60,61)36-7-5-35(49)6-8-36/h2-11,24,26-29,56H,12-23,25,30H2,1H3. The van der Waals surface area contributed by atoms with Crippen LogP contribution in [-0.2, 0) is 35.4 Å². The van der Waals surface area contributed by atoms with Crippen LogP contribution in [-0.4, -0.2) is 120 Å². The van der Waals surface area contributed by atoms with Crippen LogP contribution >= 0.6 is 11.6 Å². The molecule has 66 heavy (non-hydrogen) atoms. The number of hydrogen-bond donors (Lipinski definition) is 1. The maximum Gasteiger partial charge on any atom is 0.261 e. The summed E-state index contributed by atoms with van der Waals surface area (Å²) in [4.78, 5) is 30.9. The van der Waals surface area contributed by atoms with E-state index in [2.05, 4.69) is 24.5 Å². The predicted octanol–water partition coefficient (Wildman–Crippen LogP) is 7.67. The Kier molecular flexibility index (Phi) is 16.6. The third-order valence-corrected chi connectivity index (χ3v) is 12.4. The highest BCUT2D eigenvalue weighted by Gasteiger charge is 2.22. The van der Waals surface area contributed by atoms with Gasteiger partial charge >= 0.3 is 0 Å². The number of Topliss-reactive ketones (excluding diaryl/α,β-unsaturated/α-hetero) is 1. The quantitative estimate of drug-likeness (QED) is 0.0309. The number of halogens is 5. The molecule has 0 saturated carbocycles. The molecule has 13 nitrogen and oxygen atoms in total. The van der Waals surface area contributed by atoms with Gasteiger partial charge in [0.2, 0.25) is 0 Å². The van der Waals surface area contributed by atoms with Gasteiger partial charge in [0.05, 0.1) is 74.1 Å². The summed E-state index contributed by atoms with van der Waals surface area (Å²) in [5, 5.41) is -0.0426. The number of rotatable bonds is 22. The average molecular weight is 951 g/mol. The van der Waals surface area contributed by atoms with Crippen molar-refractivity contribution in [1.82, 2.24) is 19.9 Å². The van der Waals surface area contributed by atoms with E-state index in [9.17, 15) is 30.8 Å². The summed E-state index contributed by atoms with van der Waals surface area (Å²) in [5.41, 5.74) is 3.30. The molecule has 6 aromatic rings. The van der Waals surface area contributed by atoms with E-state index in [4.69, 9.17) is 35.5 Å². The summed E-state index contributed by atoms with van der Waals surface area (Å²) in [6.07, 6.45) is 3.01. The van der Waals surface area contributed by atoms with Crippen molar-refractivity contribution >= 4 is 49.9 Å². The molecule has 348 valence electrons. The highest BCUT2D eigenvalue weighted by atomic mass is 35.5. The molecule has 0 bridgehead atoms. The SMILES string of the molecule is Cc1ccc(Cc2c(C(=O)COCCOCCOCCOCCN3CCN(c4cnc5ccc(-c6cnc(Cl)c(NS(=O)(=O)c7ccc(F)cc7)c6)cc5n4)CC3)ccc(F)c2F)c(F)c1. The van der Waals surface area contributed by atoms with Crippen LogP contribution < -0.4 is 9.62 Å². The molecule has 0 unspecified atom stereocenters. The molecule has 0 atom stereocenters. The second-order valence-electron chi connectivity index (χ2n) is 15.4. The molecule has 1 aliphatic heterocycles. The third kappa shape index (κ3) is 12.8. The largest absolute Gasteiger partial charge is 0.378 e. The number of nitrogens with zero attached hydrogens (tertiary/aromatic N) is 5. The Balaban J connectivity index is 0.761. The number of sulfonamides is 1. The lowest BCUT2D eigenvalue weighted by molar-refractivity contribution is -0.00288. The average Bonchev–Trinajstić information content (AvgIpc) is 3.30. The minimum absolute atomic E-state index is 0.0426. The van der Waals surface area contributed by atoms with Gasteiger partial charge in [-0.05, 0) is 84.3 Å². The van der Waals surface area contributed by atoms with Crippen LogP contribution in [0.2, 0.25) is 5.15 Å². The van der Waals surface area contributed by atoms with Gasteiger partial charge in [-0.1, -0.05) is 29.8 Å². The summed E-state index contributed by atoms with van der Waals surface area (Å²) < 4.78 is 107. The number of anilines is 2. The first-order valence-corrected chi connectivity index (χ1v) is 23.0. The number of hydrogen-bond acceptors (Lipinski definition) is 12. The first kappa shape index (κ1) is 48.3. The van der Waals surface area contributed by atoms with Crippen molar-refractivity contribution in [2.45, 2.75) is 18.2 Å². The minimum Gasteiger partial charge on any atom is -0.378 e. The molecule has 4 aromatic carbocycles. The number of nitrogens with one attached hydrogen (secondary N) is 1. The van der Waals surface area contributed by atoms with Crippen molar-refractivity contribution in [2.75, 3.05) is 95.2 Å². The number of aryl methyl sites for hydroxylation is 1. The van der Waals surface area contributed by atoms with Crippen molar-refractivity contribution in [3.8, 4) is 11.1 Å². The van der Waals surface area contributed by atoms with E-state index in [0.717, 1.165) is 74.4 Å². The summed E-state index contributed by atoms with van der Waals surface area (Å²) in [5.74, 6) is -3.25. The Morgan fingerprint density at radius 2 is 1.42 bits per heavy atom. The maximum absolute atomic E-state index is 14.7. The minimum atomic E-state index is -4.05. The van der Waals surface area contributed by atoms with Crippen molar-refractivity contribution in [2.24, 2.45) is 0 Å². The number of piperazine rings is 1. The van der Waals surface area contributed by atoms with E-state index in [1.54, 1.807) is 31.5 Å². The van der Waals surface area contributed by atoms with Crippen molar-refractivity contribution in [1.29, 1.82) is 0 Å². The van der Waals surface area contributed by atoms with Gasteiger partial charge in [0.15, 0.2) is 22.6 Å². The van der Waals surface area contributed by atoms with E-state index in [0.29, 0.717) is 55.2 Å². The molecule has 0 aliphatic carbocycles. The first-order valence-electron chi connectivity index (χ1n) is 21.1. The number of ketones is 1. The number of ether oxygens (including phenoxy) is 4. The van der Waals surface area contributed by atoms with Crippen LogP contribution in [0.3, 0.4) is 0 Å². The van der Waals surface area contributed by atoms with Gasteiger partial charge in [-0.2, -0.15) is 0 Å². The molecule has 19 heteroatoms. The van der Waals surface area contributed by atoms with Gasteiger partial charge < -0.3 is 23.8 Å². The molecule has 3 heterocycles. The van der Waals surface area contributed by atoms with Gasteiger partial charge in [-0.3, -0.25) is 19.4 Å². The van der Waals surface area contributed by atoms with Gasteiger partial charge in [-0.15, -0.1) is 0 Å². The Morgan fingerprint density at radius 3 is 2.14 bits per heavy atom. The van der Waals surface area contributed by atoms with Crippen molar-refractivity contribution < 1.29 is 49.7 Å². The Bertz CT molecular complexity index is 2750. The Labute approximate surface area is 384 Å². The maximum atomic E-state index is 14.7. The molecule has 0 amide bonds. The molecule has 2 aromatic heterocycles. The lowest BCUT2D eigenvalue weighted by Crippen LogP contribution is -2.47. The molecule has 1 saturated heterocycles. The summed E-state index contributed by atoms with van der Waals surface area (Å²) in [6, 6.07) is 18.1. The molecular weight excluding hydrogens is 904 g/mol. The van der Waals surface area contributed by atoms with Crippen molar-refractivity contribution in [3.63, 3.8) is 0 Å². The Morgan fingerprint density at radius 1 is 0.727 bits per heavy atom. The normalized spacial score (nSPS) is 13.4. The number of aromatic nitrogens is 3. The van der Waals surface area contributed by atoms with E-state index >= 15 is 0 Å². The fraction of sp³-hybridized carbons (Fsp3) is 0.319. The Hall–Kier alpha value is -5.60. The van der Waals surface area contributed by atoms with Crippen LogP contribution in [0, 0.1) is 30.2 Å². The van der Waals surface area contributed by atoms with Gasteiger partial charge in [0.25, 0.3) is 10.0 Å². The highest BCUT2D eigenvalue weighted by Crippen LogP contribution is 2.31. The zero-order valence-corrected chi connectivity index (χ0v) is 37.5. The lowest BCUT2D eigenvalue weighted by Gasteiger charge is -2.35. The number of pyridine rings is 1. The van der Waals surface area contributed by atoms with Crippen LogP contribution in [0.4, 0.5) is 29.1 Å². The molecule has 1 aliphatic rings. The number of benzene rings is 4. The number of carbonyl (C=O) groups is 1. The molecular formula is C47H47ClF4N6O7S. The fourth-order valence-corrected chi connectivity index (χ4v) is 8.40. The molecule has 1 fully saturated rings. The van der Waals surface area contributed by atoms with Gasteiger partial charge in [-0.25, -0.2) is 35.9 Å². The van der Waals surface area contributed by atoms with E-state index in [1.807, 2.05) is 18.2 Å². The first-order chi connectivity index (χ1) is 31.8. The highest BCUT2D eigenvalue weighted by molar-refractivity contribution is 7.92. The summed E-state index contributed by atoms with van der Waals surface area (Å²) in [7, 11) is -4.05. The van der Waals surface area contributed by atoms with Crippen LogP contribution in [0.15, 0.2) is 96.2 Å². The predicted molar refractivity (Wildman–Crippen MR) is 242 cm³/mol. The van der Waals surface area contributed by atoms with Crippen molar-refractivity contribution in [3.05, 3.63) is 142 Å². The van der Waals surface area contributed by atoms with Crippen LogP contribution in [0.1, 0.15) is 27.0 Å². The third-order valence-electron chi connectivity index (χ3n) is 10.7. The van der Waals surface area contributed by atoms with E-state index in [-0.39, 0.29) is 58.7 Å². The monoisotopic (exact) mass is 950 g/mol. The second-order valence-corrected chi connectivity index (χ2v) is 17.4. The molecule has 7 rings (SSSR count). The zero-order chi connectivity index (χ0) is 46.6.